The van der Waals surface area contributed by atoms with Crippen molar-refractivity contribution < 1.29 is 8.42 Å². The van der Waals surface area contributed by atoms with E-state index < -0.39 is 10.2 Å². The molecular weight excluding hydrogens is 294 g/mol. The van der Waals surface area contributed by atoms with E-state index in [1.807, 2.05) is 7.05 Å². The second-order valence-corrected chi connectivity index (χ2v) is 9.02. The molecule has 2 aliphatic rings. The summed E-state index contributed by atoms with van der Waals surface area (Å²) >= 11 is 1.80. The normalized spacial score (nSPS) is 27.2. The number of thioether (sulfide) groups is 1. The molecule has 2 rings (SSSR count). The second-order valence-electron chi connectivity index (χ2n) is 5.99. The van der Waals surface area contributed by atoms with Crippen LogP contribution < -0.4 is 10.0 Å². The van der Waals surface area contributed by atoms with Gasteiger partial charge in [0.2, 0.25) is 0 Å². The minimum absolute atomic E-state index is 0.146. The smallest absolute Gasteiger partial charge is 0.279 e. The molecule has 1 saturated heterocycles. The van der Waals surface area contributed by atoms with Crippen molar-refractivity contribution in [2.45, 2.75) is 36.9 Å². The third kappa shape index (κ3) is 3.88. The molecule has 0 aromatic heterocycles. The maximum atomic E-state index is 12.4. The summed E-state index contributed by atoms with van der Waals surface area (Å²) in [6, 6.07) is 0. The minimum Gasteiger partial charge on any atom is -0.319 e. The lowest BCUT2D eigenvalue weighted by atomic mass is 9.84. The highest BCUT2D eigenvalue weighted by Crippen LogP contribution is 2.42. The van der Waals surface area contributed by atoms with Crippen LogP contribution in [0.15, 0.2) is 0 Å². The third-order valence-corrected chi connectivity index (χ3v) is 7.53. The van der Waals surface area contributed by atoms with E-state index in [1.54, 1.807) is 16.1 Å². The van der Waals surface area contributed by atoms with E-state index in [1.165, 1.54) is 6.42 Å². The Morgan fingerprint density at radius 1 is 1.35 bits per heavy atom. The number of hydrogen-bond donors (Lipinski definition) is 2. The molecule has 0 amide bonds. The molecule has 0 radical (unpaired) electrons. The van der Waals surface area contributed by atoms with Crippen LogP contribution in [0.2, 0.25) is 0 Å². The second kappa shape index (κ2) is 6.96. The number of piperidine rings is 1. The molecule has 2 fully saturated rings. The molecule has 5 nitrogen and oxygen atoms in total. The van der Waals surface area contributed by atoms with Crippen LogP contribution in [0.5, 0.6) is 0 Å². The zero-order valence-electron chi connectivity index (χ0n) is 12.5. The van der Waals surface area contributed by atoms with Gasteiger partial charge in [-0.3, -0.25) is 0 Å². The van der Waals surface area contributed by atoms with Crippen molar-refractivity contribution in [1.82, 2.24) is 14.3 Å². The molecule has 2 N–H and O–H groups in total. The van der Waals surface area contributed by atoms with E-state index in [4.69, 9.17) is 0 Å². The lowest BCUT2D eigenvalue weighted by molar-refractivity contribution is 0.259. The molecular formula is C13H27N3O2S2. The van der Waals surface area contributed by atoms with Crippen LogP contribution >= 0.6 is 11.8 Å². The third-order valence-electron chi connectivity index (χ3n) is 4.59. The zero-order chi connectivity index (χ0) is 14.6. The Bertz CT molecular complexity index is 402. The van der Waals surface area contributed by atoms with Crippen molar-refractivity contribution in [3.8, 4) is 0 Å². The molecule has 1 aliphatic carbocycles. The summed E-state index contributed by atoms with van der Waals surface area (Å²) in [5.41, 5.74) is 0. The fourth-order valence-corrected chi connectivity index (χ4v) is 5.46. The van der Waals surface area contributed by atoms with Crippen LogP contribution in [-0.4, -0.2) is 57.0 Å². The molecule has 1 saturated carbocycles. The Morgan fingerprint density at radius 3 is 2.65 bits per heavy atom. The van der Waals surface area contributed by atoms with Crippen molar-refractivity contribution in [2.24, 2.45) is 5.92 Å². The van der Waals surface area contributed by atoms with Crippen molar-refractivity contribution in [2.75, 3.05) is 39.5 Å². The summed E-state index contributed by atoms with van der Waals surface area (Å²) in [6.07, 6.45) is 7.62. The molecule has 7 heteroatoms. The summed E-state index contributed by atoms with van der Waals surface area (Å²) in [5, 5.41) is 3.15. The molecule has 1 atom stereocenters. The molecule has 1 unspecified atom stereocenters. The van der Waals surface area contributed by atoms with E-state index in [-0.39, 0.29) is 4.75 Å². The Hall–Kier alpha value is 0.180. The molecule has 0 aromatic carbocycles. The van der Waals surface area contributed by atoms with Crippen LogP contribution in [0.3, 0.4) is 0 Å². The average Bonchev–Trinajstić information content (AvgIpc) is 2.39. The Morgan fingerprint density at radius 2 is 2.10 bits per heavy atom. The maximum absolute atomic E-state index is 12.4. The molecule has 0 bridgehead atoms. The van der Waals surface area contributed by atoms with Crippen LogP contribution in [-0.2, 0) is 10.2 Å². The average molecular weight is 322 g/mol. The minimum atomic E-state index is -3.31. The van der Waals surface area contributed by atoms with E-state index >= 15 is 0 Å². The maximum Gasteiger partial charge on any atom is 0.279 e. The van der Waals surface area contributed by atoms with E-state index in [9.17, 15) is 8.42 Å². The Balaban J connectivity index is 1.89. The van der Waals surface area contributed by atoms with E-state index in [0.717, 1.165) is 32.2 Å². The van der Waals surface area contributed by atoms with Gasteiger partial charge in [-0.15, -0.1) is 0 Å². The largest absolute Gasteiger partial charge is 0.319 e. The van der Waals surface area contributed by atoms with Gasteiger partial charge in [0, 0.05) is 24.4 Å². The monoisotopic (exact) mass is 321 g/mol. The van der Waals surface area contributed by atoms with Crippen LogP contribution in [0.1, 0.15) is 32.1 Å². The lowest BCUT2D eigenvalue weighted by Gasteiger charge is -2.41. The molecule has 20 heavy (non-hydrogen) atoms. The Kier molecular flexibility index (Phi) is 5.76. The standard InChI is InChI=1S/C13H27N3O2S2/c1-14-9-12-5-3-8-16(10-12)20(17,18)15-11-13(19-2)6-4-7-13/h12,14-15H,3-11H2,1-2H3. The predicted octanol–water partition coefficient (Wildman–Crippen LogP) is 1.04. The number of nitrogens with one attached hydrogen (secondary N) is 2. The number of hydrogen-bond acceptors (Lipinski definition) is 4. The fraction of sp³-hybridized carbons (Fsp3) is 1.00. The van der Waals surface area contributed by atoms with Crippen molar-refractivity contribution in [3.05, 3.63) is 0 Å². The van der Waals surface area contributed by atoms with E-state index in [2.05, 4.69) is 16.3 Å². The fourth-order valence-electron chi connectivity index (χ4n) is 3.04. The first kappa shape index (κ1) is 16.5. The van der Waals surface area contributed by atoms with Gasteiger partial charge >= 0.3 is 0 Å². The Labute approximate surface area is 127 Å². The summed E-state index contributed by atoms with van der Waals surface area (Å²) in [6.45, 7) is 2.76. The van der Waals surface area contributed by atoms with Gasteiger partial charge in [0.25, 0.3) is 10.2 Å². The molecule has 1 heterocycles. The first-order chi connectivity index (χ1) is 9.51. The van der Waals surface area contributed by atoms with Gasteiger partial charge in [0.05, 0.1) is 0 Å². The van der Waals surface area contributed by atoms with Crippen LogP contribution in [0.4, 0.5) is 0 Å². The van der Waals surface area contributed by atoms with Gasteiger partial charge in [-0.1, -0.05) is 6.42 Å². The molecule has 0 spiro atoms. The van der Waals surface area contributed by atoms with Crippen LogP contribution in [0.25, 0.3) is 0 Å². The predicted molar refractivity (Wildman–Crippen MR) is 85.2 cm³/mol. The number of nitrogens with zero attached hydrogens (tertiary/aromatic N) is 1. The molecule has 118 valence electrons. The van der Waals surface area contributed by atoms with Gasteiger partial charge in [-0.2, -0.15) is 24.5 Å². The van der Waals surface area contributed by atoms with Crippen molar-refractivity contribution in [1.29, 1.82) is 0 Å². The first-order valence-electron chi connectivity index (χ1n) is 7.46. The molecule has 0 aromatic rings. The highest BCUT2D eigenvalue weighted by Gasteiger charge is 2.38. The summed E-state index contributed by atoms with van der Waals surface area (Å²) < 4.78 is 29.5. The summed E-state index contributed by atoms with van der Waals surface area (Å²) in [5.74, 6) is 0.434. The topological polar surface area (TPSA) is 61.4 Å². The first-order valence-corrected chi connectivity index (χ1v) is 10.1. The van der Waals surface area contributed by atoms with Gasteiger partial charge in [0.15, 0.2) is 0 Å². The van der Waals surface area contributed by atoms with Gasteiger partial charge < -0.3 is 5.32 Å². The lowest BCUT2D eigenvalue weighted by Crippen LogP contribution is -2.52. The van der Waals surface area contributed by atoms with Gasteiger partial charge in [-0.25, -0.2) is 4.72 Å². The summed E-state index contributed by atoms with van der Waals surface area (Å²) in [4.78, 5) is 0. The SMILES string of the molecule is CNCC1CCCN(S(=O)(=O)NCC2(SC)CCC2)C1. The van der Waals surface area contributed by atoms with Crippen LogP contribution in [0, 0.1) is 5.92 Å². The summed E-state index contributed by atoms with van der Waals surface area (Å²) in [7, 11) is -1.39. The van der Waals surface area contributed by atoms with Crippen molar-refractivity contribution in [3.63, 3.8) is 0 Å². The zero-order valence-corrected chi connectivity index (χ0v) is 14.2. The molecule has 1 aliphatic heterocycles. The highest BCUT2D eigenvalue weighted by atomic mass is 32.2. The van der Waals surface area contributed by atoms with Gasteiger partial charge in [-0.05, 0) is 51.4 Å². The van der Waals surface area contributed by atoms with Gasteiger partial charge in [0.1, 0.15) is 0 Å². The van der Waals surface area contributed by atoms with E-state index in [0.29, 0.717) is 25.6 Å². The quantitative estimate of drug-likeness (QED) is 0.735. The number of rotatable bonds is 7. The van der Waals surface area contributed by atoms with Crippen molar-refractivity contribution >= 4 is 22.0 Å². The highest BCUT2D eigenvalue weighted by molar-refractivity contribution is 8.00.